The molecule has 0 amide bonds. The SMILES string of the molecule is [2H]c1nc(-c2cc(-c3ccccc3)cc(-c3cccc4c3nc(-c3cc(C(C)C)cc(C(C)C)c3O)n4-c3cc(-c4ccccc4)c(C([2H])(C)C)cc3-c3ccccc3)c2)c([2H])c(-c2c([2H])c([2H])c(C(C([2H])([2H])[2H])(C([2H])([2H])[2H])C([2H])([2H])[2H])c([2H])c2[2H])c1[2H]. The molecule has 4 heteroatoms. The van der Waals surface area contributed by atoms with Crippen LogP contribution < -0.4 is 0 Å². The Morgan fingerprint density at radius 2 is 1.17 bits per heavy atom. The molecular formula is C67H63N3O. The minimum Gasteiger partial charge on any atom is -0.507 e. The Balaban J connectivity index is 1.31. The van der Waals surface area contributed by atoms with E-state index in [0.717, 1.165) is 38.9 Å². The summed E-state index contributed by atoms with van der Waals surface area (Å²) in [6.45, 7) is 0.113. The topological polar surface area (TPSA) is 50.9 Å². The van der Waals surface area contributed by atoms with Gasteiger partial charge in [-0.3, -0.25) is 9.55 Å². The van der Waals surface area contributed by atoms with Crippen LogP contribution in [0.5, 0.6) is 5.75 Å². The molecule has 0 unspecified atom stereocenters. The number of aromatic nitrogens is 3. The number of hydrogen-bond acceptors (Lipinski definition) is 3. The number of aromatic hydroxyl groups is 1. The van der Waals surface area contributed by atoms with Crippen molar-refractivity contribution in [2.75, 3.05) is 0 Å². The van der Waals surface area contributed by atoms with Gasteiger partial charge in [-0.2, -0.15) is 0 Å². The normalized spacial score (nSPS) is 16.0. The zero-order chi connectivity index (χ0) is 64.1. The average molecular weight is 943 g/mol. The summed E-state index contributed by atoms with van der Waals surface area (Å²) >= 11 is 0. The molecule has 0 spiro atoms. The van der Waals surface area contributed by atoms with E-state index >= 15 is 0 Å². The number of benzene rings is 8. The molecule has 10 rings (SSSR count). The van der Waals surface area contributed by atoms with Crippen molar-refractivity contribution < 1.29 is 28.4 Å². The van der Waals surface area contributed by atoms with Crippen molar-refractivity contribution in [3.63, 3.8) is 0 Å². The van der Waals surface area contributed by atoms with Gasteiger partial charge in [-0.25, -0.2) is 4.98 Å². The van der Waals surface area contributed by atoms with Crippen molar-refractivity contribution in [1.29, 1.82) is 0 Å². The third-order valence-electron chi connectivity index (χ3n) is 12.9. The van der Waals surface area contributed by atoms with Crippen LogP contribution in [0, 0.1) is 0 Å². The zero-order valence-corrected chi connectivity index (χ0v) is 40.4. The number of hydrogen-bond donors (Lipinski definition) is 1. The van der Waals surface area contributed by atoms with Gasteiger partial charge in [-0.1, -0.05) is 195 Å². The molecule has 2 heterocycles. The minimum atomic E-state index is -3.94. The fraction of sp³-hybridized carbons (Fsp3) is 0.194. The van der Waals surface area contributed by atoms with E-state index in [0.29, 0.717) is 50.4 Å². The molecular weight excluding hydrogens is 863 g/mol. The van der Waals surface area contributed by atoms with Crippen LogP contribution in [0.25, 0.3) is 95.0 Å². The van der Waals surface area contributed by atoms with Gasteiger partial charge in [0.2, 0.25) is 0 Å². The van der Waals surface area contributed by atoms with E-state index in [4.69, 9.17) is 22.8 Å². The van der Waals surface area contributed by atoms with Gasteiger partial charge in [-0.05, 0) is 144 Å². The summed E-state index contributed by atoms with van der Waals surface area (Å²) in [7, 11) is 0. The van der Waals surface area contributed by atoms with E-state index in [1.165, 1.54) is 0 Å². The van der Waals surface area contributed by atoms with E-state index < -0.39 is 91.0 Å². The van der Waals surface area contributed by atoms with E-state index in [1.807, 2.05) is 155 Å². The molecule has 2 aromatic heterocycles. The number of imidazole rings is 1. The van der Waals surface area contributed by atoms with Crippen LogP contribution in [0.1, 0.15) is 125 Å². The lowest BCUT2D eigenvalue weighted by Crippen LogP contribution is -2.10. The number of rotatable bonds is 11. The number of fused-ring (bicyclic) bond motifs is 1. The van der Waals surface area contributed by atoms with Gasteiger partial charge in [0, 0.05) is 36.6 Å². The van der Waals surface area contributed by atoms with Crippen LogP contribution in [0.2, 0.25) is 0 Å². The fourth-order valence-corrected chi connectivity index (χ4v) is 9.19. The molecule has 1 N–H and O–H groups in total. The molecule has 352 valence electrons. The molecule has 0 aliphatic rings. The predicted molar refractivity (Wildman–Crippen MR) is 300 cm³/mol. The highest BCUT2D eigenvalue weighted by Crippen LogP contribution is 2.46. The lowest BCUT2D eigenvalue weighted by molar-refractivity contribution is 0.466. The highest BCUT2D eigenvalue weighted by atomic mass is 16.3. The zero-order valence-electron chi connectivity index (χ0n) is 57.4. The maximum absolute atomic E-state index is 12.6. The third-order valence-corrected chi connectivity index (χ3v) is 12.9. The van der Waals surface area contributed by atoms with Gasteiger partial charge in [0.15, 0.2) is 0 Å². The van der Waals surface area contributed by atoms with Gasteiger partial charge in [0.05, 0.1) is 37.6 Å². The van der Waals surface area contributed by atoms with Crippen LogP contribution in [0.4, 0.5) is 0 Å². The van der Waals surface area contributed by atoms with Gasteiger partial charge >= 0.3 is 0 Å². The third kappa shape index (κ3) is 9.23. The molecule has 0 aliphatic carbocycles. The smallest absolute Gasteiger partial charge is 0.149 e. The monoisotopic (exact) mass is 943 g/mol. The first kappa shape index (κ1) is 30.7. The van der Waals surface area contributed by atoms with Crippen LogP contribution in [0.15, 0.2) is 194 Å². The molecule has 0 saturated carbocycles. The molecule has 0 aliphatic heterocycles. The molecule has 0 radical (unpaired) electrons. The Morgan fingerprint density at radius 1 is 0.535 bits per heavy atom. The predicted octanol–water partition coefficient (Wildman–Crippen LogP) is 18.5. The molecule has 0 bridgehead atoms. The molecule has 10 aromatic rings. The van der Waals surface area contributed by atoms with Crippen LogP contribution in [0.3, 0.4) is 0 Å². The summed E-state index contributed by atoms with van der Waals surface area (Å²) in [5.41, 5.74) is 3.69. The maximum atomic E-state index is 12.6. The fourth-order valence-electron chi connectivity index (χ4n) is 9.19. The van der Waals surface area contributed by atoms with Crippen molar-refractivity contribution >= 4 is 11.0 Å². The van der Waals surface area contributed by atoms with E-state index in [2.05, 4.69) is 35.5 Å². The Hall–Kier alpha value is -7.82. The summed E-state index contributed by atoms with van der Waals surface area (Å²) in [4.78, 5) is 10.0. The summed E-state index contributed by atoms with van der Waals surface area (Å²) in [6, 6.07) is 41.9. The quantitative estimate of drug-likeness (QED) is 0.141. The Kier molecular flexibility index (Phi) is 8.29. The first-order valence-electron chi connectivity index (χ1n) is 32.2. The van der Waals surface area contributed by atoms with Crippen LogP contribution in [-0.4, -0.2) is 19.6 Å². The maximum Gasteiger partial charge on any atom is 0.149 e. The molecule has 8 aromatic carbocycles. The first-order valence-corrected chi connectivity index (χ1v) is 23.7. The molecule has 0 fully saturated rings. The highest BCUT2D eigenvalue weighted by Gasteiger charge is 2.27. The van der Waals surface area contributed by atoms with Crippen LogP contribution >= 0.6 is 0 Å². The van der Waals surface area contributed by atoms with Gasteiger partial charge in [-0.15, -0.1) is 0 Å². The van der Waals surface area contributed by atoms with Crippen molar-refractivity contribution in [1.82, 2.24) is 14.5 Å². The summed E-state index contributed by atoms with van der Waals surface area (Å²) in [6.07, 6.45) is -0.756. The van der Waals surface area contributed by atoms with E-state index in [9.17, 15) is 10.6 Å². The van der Waals surface area contributed by atoms with Gasteiger partial charge < -0.3 is 5.11 Å². The standard InChI is InChI=1S/C67H63N3O/c1-42(2)50-37-57(44(5)6)65(71)60(38-50)66-69-64-55(26-19-27-62(64)70(66)63-41-58(47-22-15-11-16-23-47)56(43(3)4)40-59(63)48-24-17-12-18-25-48)52-34-51(45-20-13-10-14-21-45)35-53(36-52)61-39-49(32-33-68-61)46-28-30-54(31-29-46)67(7,8)9/h10-44,71H,1-9H3/i7D3,8D3,9D3,28D,29D,30D,31D,32D,33D,39D,43D. The number of pyridine rings is 1. The van der Waals surface area contributed by atoms with Crippen molar-refractivity contribution in [3.05, 3.63) is 216 Å². The van der Waals surface area contributed by atoms with Gasteiger partial charge in [0.1, 0.15) is 11.6 Å². The van der Waals surface area contributed by atoms with Crippen LogP contribution in [-0.2, 0) is 5.41 Å². The summed E-state index contributed by atoms with van der Waals surface area (Å²) < 4.78 is 151. The van der Waals surface area contributed by atoms with E-state index in [-0.39, 0.29) is 28.8 Å². The van der Waals surface area contributed by atoms with Crippen molar-refractivity contribution in [2.45, 2.75) is 85.2 Å². The first-order chi connectivity index (χ1) is 41.2. The number of nitrogens with zero attached hydrogens (tertiary/aromatic N) is 3. The number of phenolic OH excluding ortho intramolecular Hbond substituents is 1. The average Bonchev–Trinajstić information content (AvgIpc) is 1.06. The second-order valence-corrected chi connectivity index (χ2v) is 18.8. The summed E-state index contributed by atoms with van der Waals surface area (Å²) in [5, 5.41) is 12.6. The minimum absolute atomic E-state index is 0.0449. The Labute approximate surface area is 444 Å². The highest BCUT2D eigenvalue weighted by molar-refractivity contribution is 5.99. The van der Waals surface area contributed by atoms with E-state index in [1.54, 1.807) is 12.1 Å². The lowest BCUT2D eigenvalue weighted by Gasteiger charge is -2.22. The van der Waals surface area contributed by atoms with Crippen molar-refractivity contribution in [3.8, 4) is 89.7 Å². The second-order valence-electron chi connectivity index (χ2n) is 18.8. The molecule has 4 nitrogen and oxygen atoms in total. The number of para-hydroxylation sites is 1. The largest absolute Gasteiger partial charge is 0.507 e. The van der Waals surface area contributed by atoms with Gasteiger partial charge in [0.25, 0.3) is 0 Å². The Morgan fingerprint density at radius 3 is 1.80 bits per heavy atom. The molecule has 71 heavy (non-hydrogen) atoms. The molecule has 0 atom stereocenters. The lowest BCUT2D eigenvalue weighted by atomic mass is 9.86. The Bertz CT molecular complexity index is 4290. The second kappa shape index (κ2) is 19.2. The molecule has 0 saturated heterocycles. The number of phenols is 1. The van der Waals surface area contributed by atoms with Crippen molar-refractivity contribution in [2.24, 2.45) is 0 Å². The summed E-state index contributed by atoms with van der Waals surface area (Å²) in [5.74, 6) is -0.664.